The van der Waals surface area contributed by atoms with Crippen molar-refractivity contribution in [2.45, 2.75) is 28.1 Å². The smallest absolute Gasteiger partial charge is 0.243 e. The molecule has 1 aromatic carbocycles. The summed E-state index contributed by atoms with van der Waals surface area (Å²) in [6.45, 7) is 1.07. The molecule has 0 amide bonds. The second-order valence-electron chi connectivity index (χ2n) is 7.13. The third-order valence-corrected chi connectivity index (χ3v) is 8.90. The van der Waals surface area contributed by atoms with Gasteiger partial charge in [-0.15, -0.1) is 0 Å². The van der Waals surface area contributed by atoms with Crippen LogP contribution in [0.3, 0.4) is 0 Å². The first-order valence-corrected chi connectivity index (χ1v) is 11.4. The molecule has 9 heteroatoms. The SMILES string of the molecule is Cn1ccnc1S[C@H]1C[C@@H]2CN(S(=O)(=O)c3ccc(Cl)c(C#N)c3)C[C@@H]2C1. The summed E-state index contributed by atoms with van der Waals surface area (Å²) < 4.78 is 29.5. The number of rotatable bonds is 4. The van der Waals surface area contributed by atoms with Crippen LogP contribution in [-0.4, -0.2) is 40.6 Å². The van der Waals surface area contributed by atoms with Crippen LogP contribution in [0.25, 0.3) is 0 Å². The average molecular weight is 423 g/mol. The van der Waals surface area contributed by atoms with E-state index in [4.69, 9.17) is 16.9 Å². The third kappa shape index (κ3) is 3.49. The molecule has 4 rings (SSSR count). The van der Waals surface area contributed by atoms with E-state index in [-0.39, 0.29) is 15.5 Å². The molecular weight excluding hydrogens is 404 g/mol. The number of imidazole rings is 1. The van der Waals surface area contributed by atoms with Crippen molar-refractivity contribution in [3.05, 3.63) is 41.2 Å². The Morgan fingerprint density at radius 2 is 2.00 bits per heavy atom. The largest absolute Gasteiger partial charge is 0.329 e. The number of sulfonamides is 1. The number of fused-ring (bicyclic) bond motifs is 1. The minimum atomic E-state index is -3.60. The van der Waals surface area contributed by atoms with E-state index < -0.39 is 10.0 Å². The number of aryl methyl sites for hydroxylation is 1. The molecule has 0 N–H and O–H groups in total. The van der Waals surface area contributed by atoms with Gasteiger partial charge in [-0.2, -0.15) is 9.57 Å². The summed E-state index contributed by atoms with van der Waals surface area (Å²) in [7, 11) is -1.62. The highest BCUT2D eigenvalue weighted by Gasteiger charge is 2.45. The van der Waals surface area contributed by atoms with Gasteiger partial charge in [0.2, 0.25) is 10.0 Å². The number of hydrogen-bond acceptors (Lipinski definition) is 5. The van der Waals surface area contributed by atoms with E-state index in [1.54, 1.807) is 22.3 Å². The fourth-order valence-electron chi connectivity index (χ4n) is 4.01. The number of benzene rings is 1. The van der Waals surface area contributed by atoms with Crippen LogP contribution in [0.4, 0.5) is 0 Å². The first-order valence-electron chi connectivity index (χ1n) is 8.72. The van der Waals surface area contributed by atoms with Crippen molar-refractivity contribution in [2.24, 2.45) is 18.9 Å². The molecule has 2 heterocycles. The van der Waals surface area contributed by atoms with Crippen LogP contribution in [-0.2, 0) is 17.1 Å². The molecule has 27 heavy (non-hydrogen) atoms. The lowest BCUT2D eigenvalue weighted by Crippen LogP contribution is -2.30. The average Bonchev–Trinajstić information content (AvgIpc) is 3.31. The zero-order valence-electron chi connectivity index (χ0n) is 14.7. The molecule has 2 aromatic rings. The molecule has 1 saturated carbocycles. The van der Waals surface area contributed by atoms with E-state index in [1.165, 1.54) is 18.2 Å². The van der Waals surface area contributed by atoms with Crippen LogP contribution in [0.15, 0.2) is 40.6 Å². The number of thioether (sulfide) groups is 1. The van der Waals surface area contributed by atoms with Crippen molar-refractivity contribution < 1.29 is 8.42 Å². The molecule has 2 aliphatic rings. The van der Waals surface area contributed by atoms with Crippen molar-refractivity contribution in [3.8, 4) is 6.07 Å². The Bertz CT molecular complexity index is 1000. The molecule has 1 aliphatic carbocycles. The lowest BCUT2D eigenvalue weighted by Gasteiger charge is -2.19. The summed E-state index contributed by atoms with van der Waals surface area (Å²) >= 11 is 7.72. The third-order valence-electron chi connectivity index (χ3n) is 5.42. The van der Waals surface area contributed by atoms with E-state index in [9.17, 15) is 8.42 Å². The second kappa shape index (κ2) is 7.13. The molecule has 142 valence electrons. The summed E-state index contributed by atoms with van der Waals surface area (Å²) in [4.78, 5) is 4.51. The fourth-order valence-corrected chi connectivity index (χ4v) is 7.08. The van der Waals surface area contributed by atoms with Crippen molar-refractivity contribution in [1.82, 2.24) is 13.9 Å². The van der Waals surface area contributed by atoms with Crippen LogP contribution in [0.1, 0.15) is 18.4 Å². The summed E-state index contributed by atoms with van der Waals surface area (Å²) in [5, 5.41) is 10.9. The number of nitriles is 1. The molecular formula is C18H19ClN4O2S2. The maximum absolute atomic E-state index is 13.0. The fraction of sp³-hybridized carbons (Fsp3) is 0.444. The number of nitrogens with zero attached hydrogens (tertiary/aromatic N) is 4. The zero-order chi connectivity index (χ0) is 19.2. The van der Waals surface area contributed by atoms with E-state index in [1.807, 2.05) is 23.9 Å². The highest BCUT2D eigenvalue weighted by atomic mass is 35.5. The van der Waals surface area contributed by atoms with Gasteiger partial charge in [-0.25, -0.2) is 13.4 Å². The standard InChI is InChI=1S/C18H19ClN4O2S2/c1-22-5-4-21-18(22)26-15-6-13-10-23(11-14(13)7-15)27(24,25)16-2-3-17(19)12(8-16)9-20/h2-5,8,13-15H,6-7,10-11H2,1H3/t13-,14+,15+. The van der Waals surface area contributed by atoms with E-state index in [2.05, 4.69) is 4.98 Å². The summed E-state index contributed by atoms with van der Waals surface area (Å²) in [5.41, 5.74) is 0.184. The topological polar surface area (TPSA) is 79.0 Å². The molecule has 1 saturated heterocycles. The maximum atomic E-state index is 13.0. The number of halogens is 1. The Morgan fingerprint density at radius 3 is 2.59 bits per heavy atom. The Hall–Kier alpha value is -1.53. The van der Waals surface area contributed by atoms with Gasteiger partial charge in [-0.05, 0) is 42.9 Å². The quantitative estimate of drug-likeness (QED) is 0.756. The Labute approximate surface area is 168 Å². The molecule has 0 spiro atoms. The van der Waals surface area contributed by atoms with Crippen LogP contribution >= 0.6 is 23.4 Å². The normalized spacial score (nSPS) is 25.4. The minimum Gasteiger partial charge on any atom is -0.329 e. The van der Waals surface area contributed by atoms with Gasteiger partial charge < -0.3 is 4.57 Å². The zero-order valence-corrected chi connectivity index (χ0v) is 17.1. The van der Waals surface area contributed by atoms with Gasteiger partial charge in [0.25, 0.3) is 0 Å². The van der Waals surface area contributed by atoms with Crippen molar-refractivity contribution >= 4 is 33.4 Å². The molecule has 0 unspecified atom stereocenters. The highest BCUT2D eigenvalue weighted by molar-refractivity contribution is 7.99. The van der Waals surface area contributed by atoms with Gasteiger partial charge in [-0.1, -0.05) is 23.4 Å². The Balaban J connectivity index is 1.45. The van der Waals surface area contributed by atoms with Gasteiger partial charge in [0.05, 0.1) is 15.5 Å². The lowest BCUT2D eigenvalue weighted by atomic mass is 10.0. The predicted octanol–water partition coefficient (Wildman–Crippen LogP) is 3.14. The Morgan fingerprint density at radius 1 is 1.30 bits per heavy atom. The lowest BCUT2D eigenvalue weighted by molar-refractivity contribution is 0.447. The van der Waals surface area contributed by atoms with Crippen molar-refractivity contribution in [3.63, 3.8) is 0 Å². The van der Waals surface area contributed by atoms with Crippen LogP contribution < -0.4 is 0 Å². The number of hydrogen-bond donors (Lipinski definition) is 0. The summed E-state index contributed by atoms with van der Waals surface area (Å²) in [6, 6.07) is 6.26. The van der Waals surface area contributed by atoms with Crippen molar-refractivity contribution in [1.29, 1.82) is 5.26 Å². The van der Waals surface area contributed by atoms with E-state index in [0.717, 1.165) is 18.0 Å². The second-order valence-corrected chi connectivity index (χ2v) is 10.7. The molecule has 6 nitrogen and oxygen atoms in total. The van der Waals surface area contributed by atoms with Crippen LogP contribution in [0.2, 0.25) is 5.02 Å². The van der Waals surface area contributed by atoms with Gasteiger partial charge in [-0.3, -0.25) is 0 Å². The summed E-state index contributed by atoms with van der Waals surface area (Å²) in [6.07, 6.45) is 5.73. The van der Waals surface area contributed by atoms with Crippen LogP contribution in [0, 0.1) is 23.2 Å². The first-order chi connectivity index (χ1) is 12.9. The molecule has 1 aliphatic heterocycles. The van der Waals surface area contributed by atoms with Crippen LogP contribution in [0.5, 0.6) is 0 Å². The molecule has 3 atom stereocenters. The molecule has 0 radical (unpaired) electrons. The van der Waals surface area contributed by atoms with Gasteiger partial charge in [0, 0.05) is 37.8 Å². The monoisotopic (exact) mass is 422 g/mol. The van der Waals surface area contributed by atoms with Gasteiger partial charge >= 0.3 is 0 Å². The Kier molecular flexibility index (Phi) is 4.97. The predicted molar refractivity (Wildman–Crippen MR) is 104 cm³/mol. The van der Waals surface area contributed by atoms with E-state index >= 15 is 0 Å². The maximum Gasteiger partial charge on any atom is 0.243 e. The summed E-state index contributed by atoms with van der Waals surface area (Å²) in [5.74, 6) is 0.751. The van der Waals surface area contributed by atoms with Crippen molar-refractivity contribution in [2.75, 3.05) is 13.1 Å². The molecule has 1 aromatic heterocycles. The number of aromatic nitrogens is 2. The minimum absolute atomic E-state index is 0.141. The first kappa shape index (κ1) is 18.8. The molecule has 2 fully saturated rings. The van der Waals surface area contributed by atoms with E-state index in [0.29, 0.717) is 30.2 Å². The molecule has 0 bridgehead atoms. The van der Waals surface area contributed by atoms with Gasteiger partial charge in [0.15, 0.2) is 5.16 Å². The highest BCUT2D eigenvalue weighted by Crippen LogP contribution is 2.45. The van der Waals surface area contributed by atoms with Gasteiger partial charge in [0.1, 0.15) is 6.07 Å².